The Kier molecular flexibility index (Phi) is 8.36. The van der Waals surface area contributed by atoms with Gasteiger partial charge in [-0.05, 0) is 44.4 Å². The summed E-state index contributed by atoms with van der Waals surface area (Å²) in [7, 11) is 0. The molecule has 0 aliphatic carbocycles. The molecular formula is C25H27N4O6S-. The fourth-order valence-electron chi connectivity index (χ4n) is 3.73. The van der Waals surface area contributed by atoms with Crippen molar-refractivity contribution in [2.24, 2.45) is 5.73 Å². The summed E-state index contributed by atoms with van der Waals surface area (Å²) in [6, 6.07) is 13.6. The van der Waals surface area contributed by atoms with Gasteiger partial charge >= 0.3 is 0 Å². The number of nitrogens with two attached hydrogens (primary N) is 1. The Bertz CT molecular complexity index is 1170. The highest BCUT2D eigenvalue weighted by molar-refractivity contribution is 8.02. The number of carboxylic acids is 1. The first-order valence-electron chi connectivity index (χ1n) is 11.3. The van der Waals surface area contributed by atoms with Gasteiger partial charge in [-0.25, -0.2) is 0 Å². The van der Waals surface area contributed by atoms with E-state index in [1.54, 1.807) is 48.5 Å². The van der Waals surface area contributed by atoms with E-state index in [4.69, 9.17) is 5.73 Å². The van der Waals surface area contributed by atoms with Gasteiger partial charge in [0.15, 0.2) is 4.75 Å². The number of carbonyl (C=O) groups is 5. The van der Waals surface area contributed by atoms with Gasteiger partial charge in [0.05, 0.1) is 5.69 Å². The van der Waals surface area contributed by atoms with Crippen LogP contribution in [0.3, 0.4) is 0 Å². The average molecular weight is 512 g/mol. The molecule has 36 heavy (non-hydrogen) atoms. The number of para-hydroxylation sites is 1. The number of fused-ring (bicyclic) bond motifs is 1. The van der Waals surface area contributed by atoms with Crippen LogP contribution in [0.25, 0.3) is 0 Å². The number of rotatable bonds is 10. The first kappa shape index (κ1) is 26.7. The highest BCUT2D eigenvalue weighted by Crippen LogP contribution is 2.43. The Balaban J connectivity index is 1.90. The molecule has 190 valence electrons. The number of anilines is 1. The zero-order valence-electron chi connectivity index (χ0n) is 19.9. The van der Waals surface area contributed by atoms with Gasteiger partial charge in [0.2, 0.25) is 23.6 Å². The molecule has 0 bridgehead atoms. The van der Waals surface area contributed by atoms with E-state index in [9.17, 15) is 29.1 Å². The van der Waals surface area contributed by atoms with Crippen LogP contribution < -0.4 is 21.5 Å². The predicted molar refractivity (Wildman–Crippen MR) is 131 cm³/mol. The fraction of sp³-hybridized carbons (Fsp3) is 0.320. The lowest BCUT2D eigenvalue weighted by Gasteiger charge is -2.38. The Labute approximate surface area is 212 Å². The van der Waals surface area contributed by atoms with Crippen LogP contribution in [-0.2, 0) is 30.5 Å². The van der Waals surface area contributed by atoms with E-state index in [0.29, 0.717) is 10.6 Å². The second kappa shape index (κ2) is 11.3. The molecule has 11 heteroatoms. The third-order valence-electron chi connectivity index (χ3n) is 5.89. The summed E-state index contributed by atoms with van der Waals surface area (Å²) >= 11 is 1.09. The molecule has 0 saturated heterocycles. The van der Waals surface area contributed by atoms with Crippen molar-refractivity contribution >= 4 is 47.0 Å². The number of carbonyl (C=O) groups excluding carboxylic acids is 5. The molecule has 2 aromatic rings. The van der Waals surface area contributed by atoms with Gasteiger partial charge in [-0.15, -0.1) is 0 Å². The third kappa shape index (κ3) is 6.03. The Morgan fingerprint density at radius 2 is 1.75 bits per heavy atom. The van der Waals surface area contributed by atoms with Crippen LogP contribution >= 0.6 is 11.8 Å². The molecule has 0 aromatic heterocycles. The molecule has 3 atom stereocenters. The highest BCUT2D eigenvalue weighted by Gasteiger charge is 2.49. The van der Waals surface area contributed by atoms with Crippen LogP contribution in [0.1, 0.15) is 32.3 Å². The zero-order valence-corrected chi connectivity index (χ0v) is 20.7. The number of nitrogens with one attached hydrogen (secondary N) is 2. The molecule has 1 aliphatic rings. The molecule has 0 spiro atoms. The molecule has 1 heterocycles. The standard InChI is InChI=1S/C25H28N4O6S/c1-15(22(33)27-18(21(26)32)12-13-20(30)31)29(14-16-8-4-3-5-9-16)24(35)25(2)23(34)28-17-10-6-7-11-19(17)36-25/h3-11,15,18H,12-14H2,1-2H3,(H2,26,32)(H,27,33)(H,28,34)(H,30,31)/p-1/t15-,18+,25?/m0/s1. The lowest BCUT2D eigenvalue weighted by Crippen LogP contribution is -2.59. The number of amides is 4. The van der Waals surface area contributed by atoms with Crippen LogP contribution in [0.4, 0.5) is 5.69 Å². The summed E-state index contributed by atoms with van der Waals surface area (Å²) in [5, 5.41) is 16.0. The van der Waals surface area contributed by atoms with Gasteiger partial charge in [-0.2, -0.15) is 0 Å². The van der Waals surface area contributed by atoms with Gasteiger partial charge in [0, 0.05) is 17.4 Å². The molecule has 10 nitrogen and oxygen atoms in total. The summed E-state index contributed by atoms with van der Waals surface area (Å²) < 4.78 is -1.57. The summed E-state index contributed by atoms with van der Waals surface area (Å²) in [6.07, 6.45) is -0.737. The molecule has 0 saturated carbocycles. The van der Waals surface area contributed by atoms with E-state index in [1.807, 2.05) is 6.07 Å². The number of thioether (sulfide) groups is 1. The third-order valence-corrected chi connectivity index (χ3v) is 7.24. The molecule has 3 rings (SSSR count). The average Bonchev–Trinajstić information content (AvgIpc) is 2.85. The van der Waals surface area contributed by atoms with Crippen molar-refractivity contribution in [2.45, 2.75) is 55.0 Å². The maximum atomic E-state index is 13.9. The first-order valence-corrected chi connectivity index (χ1v) is 12.1. The summed E-state index contributed by atoms with van der Waals surface area (Å²) in [5.74, 6) is -4.14. The number of benzene rings is 2. The van der Waals surface area contributed by atoms with Crippen molar-refractivity contribution in [3.05, 3.63) is 60.2 Å². The Morgan fingerprint density at radius 1 is 1.11 bits per heavy atom. The van der Waals surface area contributed by atoms with Crippen molar-refractivity contribution in [3.8, 4) is 0 Å². The number of primary amides is 1. The first-order chi connectivity index (χ1) is 17.0. The molecule has 0 radical (unpaired) electrons. The second-order valence-electron chi connectivity index (χ2n) is 8.55. The van der Waals surface area contributed by atoms with Crippen LogP contribution in [0.5, 0.6) is 0 Å². The second-order valence-corrected chi connectivity index (χ2v) is 10.0. The van der Waals surface area contributed by atoms with Crippen LogP contribution in [0.15, 0.2) is 59.5 Å². The number of hydrogen-bond acceptors (Lipinski definition) is 7. The molecule has 1 unspecified atom stereocenters. The van der Waals surface area contributed by atoms with E-state index in [1.165, 1.54) is 18.7 Å². The number of aliphatic carboxylic acids is 1. The van der Waals surface area contributed by atoms with E-state index in [-0.39, 0.29) is 13.0 Å². The number of hydrogen-bond donors (Lipinski definition) is 3. The van der Waals surface area contributed by atoms with E-state index >= 15 is 0 Å². The van der Waals surface area contributed by atoms with Crippen LogP contribution in [0.2, 0.25) is 0 Å². The van der Waals surface area contributed by atoms with Gasteiger partial charge < -0.3 is 31.2 Å². The van der Waals surface area contributed by atoms with Crippen molar-refractivity contribution in [1.29, 1.82) is 0 Å². The summed E-state index contributed by atoms with van der Waals surface area (Å²) in [4.78, 5) is 64.7. The van der Waals surface area contributed by atoms with Crippen molar-refractivity contribution in [2.75, 3.05) is 5.32 Å². The normalized spacial score (nSPS) is 18.2. The van der Waals surface area contributed by atoms with Crippen molar-refractivity contribution in [3.63, 3.8) is 0 Å². The van der Waals surface area contributed by atoms with Crippen LogP contribution in [-0.4, -0.2) is 51.3 Å². The maximum absolute atomic E-state index is 13.9. The fourth-order valence-corrected chi connectivity index (χ4v) is 4.89. The molecular weight excluding hydrogens is 484 g/mol. The topological polar surface area (TPSA) is 162 Å². The molecule has 0 fully saturated rings. The van der Waals surface area contributed by atoms with E-state index in [2.05, 4.69) is 10.6 Å². The number of nitrogens with zero attached hydrogens (tertiary/aromatic N) is 1. The van der Waals surface area contributed by atoms with Gasteiger partial charge in [-0.3, -0.25) is 19.2 Å². The minimum Gasteiger partial charge on any atom is -0.550 e. The summed E-state index contributed by atoms with van der Waals surface area (Å²) in [5.41, 5.74) is 6.64. The SMILES string of the molecule is C[C@@H](C(=O)N[C@H](CCC(=O)[O-])C(N)=O)N(Cc1ccccc1)C(=O)C1(C)Sc2ccccc2NC1=O. The largest absolute Gasteiger partial charge is 0.550 e. The van der Waals surface area contributed by atoms with Crippen molar-refractivity contribution < 1.29 is 29.1 Å². The Hall–Kier alpha value is -3.86. The zero-order chi connectivity index (χ0) is 26.5. The molecule has 1 aliphatic heterocycles. The maximum Gasteiger partial charge on any atom is 0.250 e. The van der Waals surface area contributed by atoms with Crippen LogP contribution in [0, 0.1) is 0 Å². The quantitative estimate of drug-likeness (QED) is 0.389. The summed E-state index contributed by atoms with van der Waals surface area (Å²) in [6.45, 7) is 2.98. The van der Waals surface area contributed by atoms with Gasteiger partial charge in [0.25, 0.3) is 0 Å². The van der Waals surface area contributed by atoms with Gasteiger partial charge in [0.1, 0.15) is 12.1 Å². The smallest absolute Gasteiger partial charge is 0.250 e. The predicted octanol–water partition coefficient (Wildman–Crippen LogP) is 0.407. The minimum atomic E-state index is -1.57. The van der Waals surface area contributed by atoms with E-state index in [0.717, 1.165) is 17.3 Å². The molecule has 2 aromatic carbocycles. The monoisotopic (exact) mass is 511 g/mol. The Morgan fingerprint density at radius 3 is 2.39 bits per heavy atom. The highest BCUT2D eigenvalue weighted by atomic mass is 32.2. The molecule has 4 N–H and O–H groups in total. The lowest BCUT2D eigenvalue weighted by molar-refractivity contribution is -0.305. The minimum absolute atomic E-state index is 0.0135. The van der Waals surface area contributed by atoms with Crippen molar-refractivity contribution in [1.82, 2.24) is 10.2 Å². The van der Waals surface area contributed by atoms with Gasteiger partial charge in [-0.1, -0.05) is 54.2 Å². The van der Waals surface area contributed by atoms with E-state index < -0.39 is 52.8 Å². The molecule has 4 amide bonds. The number of carboxylic acid groups (broad SMARTS) is 1. The lowest BCUT2D eigenvalue weighted by atomic mass is 10.0.